The Bertz CT molecular complexity index is 462. The summed E-state index contributed by atoms with van der Waals surface area (Å²) in [6.07, 6.45) is 2.58. The molecular weight excluding hydrogens is 359 g/mol. The van der Waals surface area contributed by atoms with Gasteiger partial charge >= 0.3 is 0 Å². The van der Waals surface area contributed by atoms with Crippen molar-refractivity contribution in [1.29, 1.82) is 0 Å². The van der Waals surface area contributed by atoms with E-state index < -0.39 is 0 Å². The van der Waals surface area contributed by atoms with Crippen LogP contribution in [0.15, 0.2) is 22.7 Å². The molecule has 2 aliphatic rings. The zero-order valence-electron chi connectivity index (χ0n) is 11.9. The van der Waals surface area contributed by atoms with Crippen LogP contribution in [0.4, 0.5) is 4.39 Å². The normalized spacial score (nSPS) is 25.2. The highest BCUT2D eigenvalue weighted by atomic mass is 79.9. The van der Waals surface area contributed by atoms with Crippen molar-refractivity contribution in [2.75, 3.05) is 39.3 Å². The molecule has 1 unspecified atom stereocenters. The lowest BCUT2D eigenvalue weighted by molar-refractivity contribution is 0.217. The van der Waals surface area contributed by atoms with E-state index in [-0.39, 0.29) is 18.2 Å². The molecule has 0 aromatic heterocycles. The van der Waals surface area contributed by atoms with Crippen molar-refractivity contribution < 1.29 is 9.13 Å². The van der Waals surface area contributed by atoms with Crippen LogP contribution < -0.4 is 10.1 Å². The van der Waals surface area contributed by atoms with E-state index in [9.17, 15) is 4.39 Å². The smallest absolute Gasteiger partial charge is 0.128 e. The van der Waals surface area contributed by atoms with Crippen molar-refractivity contribution in [3.63, 3.8) is 0 Å². The van der Waals surface area contributed by atoms with Crippen LogP contribution in [0.3, 0.4) is 0 Å². The highest BCUT2D eigenvalue weighted by Gasteiger charge is 2.39. The van der Waals surface area contributed by atoms with E-state index in [2.05, 4.69) is 26.1 Å². The van der Waals surface area contributed by atoms with E-state index >= 15 is 0 Å². The van der Waals surface area contributed by atoms with Gasteiger partial charge in [-0.05, 0) is 43.5 Å². The van der Waals surface area contributed by atoms with Crippen LogP contribution in [-0.4, -0.2) is 44.2 Å². The first-order valence-corrected chi connectivity index (χ1v) is 7.97. The molecule has 1 N–H and O–H groups in total. The first-order chi connectivity index (χ1) is 9.65. The van der Waals surface area contributed by atoms with Gasteiger partial charge < -0.3 is 10.1 Å². The second kappa shape index (κ2) is 7.27. The Morgan fingerprint density at radius 3 is 2.90 bits per heavy atom. The molecule has 2 saturated heterocycles. The van der Waals surface area contributed by atoms with Gasteiger partial charge in [-0.2, -0.15) is 0 Å². The van der Waals surface area contributed by atoms with Crippen molar-refractivity contribution in [2.24, 2.45) is 5.41 Å². The fourth-order valence-electron chi connectivity index (χ4n) is 3.27. The lowest BCUT2D eigenvalue weighted by Crippen LogP contribution is -2.31. The van der Waals surface area contributed by atoms with Gasteiger partial charge in [0, 0.05) is 30.2 Å². The summed E-state index contributed by atoms with van der Waals surface area (Å²) in [4.78, 5) is 2.46. The zero-order valence-corrected chi connectivity index (χ0v) is 14.3. The molecule has 6 heteroatoms. The van der Waals surface area contributed by atoms with Gasteiger partial charge in [0.15, 0.2) is 0 Å². The van der Waals surface area contributed by atoms with Gasteiger partial charge in [-0.3, -0.25) is 4.90 Å². The number of benzene rings is 1. The summed E-state index contributed by atoms with van der Waals surface area (Å²) < 4.78 is 19.6. The number of nitrogens with zero attached hydrogens (tertiary/aromatic N) is 1. The molecule has 1 atom stereocenters. The molecule has 3 nitrogen and oxygen atoms in total. The van der Waals surface area contributed by atoms with Gasteiger partial charge in [0.2, 0.25) is 0 Å². The van der Waals surface area contributed by atoms with E-state index in [0.29, 0.717) is 22.2 Å². The quantitative estimate of drug-likeness (QED) is 0.870. The van der Waals surface area contributed by atoms with Crippen molar-refractivity contribution >= 4 is 28.3 Å². The molecule has 21 heavy (non-hydrogen) atoms. The first kappa shape index (κ1) is 17.0. The van der Waals surface area contributed by atoms with Crippen molar-refractivity contribution in [3.05, 3.63) is 28.5 Å². The van der Waals surface area contributed by atoms with E-state index in [1.165, 1.54) is 25.0 Å². The molecule has 118 valence electrons. The van der Waals surface area contributed by atoms with Crippen molar-refractivity contribution in [2.45, 2.75) is 12.8 Å². The summed E-state index contributed by atoms with van der Waals surface area (Å²) >= 11 is 3.27. The maximum Gasteiger partial charge on any atom is 0.128 e. The SMILES string of the molecule is Cl.Fc1cc(Br)cc(OCCN2CCC3(CCNC3)C2)c1. The standard InChI is InChI=1S/C15H20BrFN2O.ClH/c16-12-7-13(17)9-14(8-12)20-6-5-19-4-2-15(11-19)1-3-18-10-15;/h7-9,18H,1-6,10-11H2;1H. The predicted octanol–water partition coefficient (Wildman–Crippen LogP) is 3.07. The Kier molecular flexibility index (Phi) is 5.88. The molecule has 1 spiro atoms. The summed E-state index contributed by atoms with van der Waals surface area (Å²) in [7, 11) is 0. The van der Waals surface area contributed by atoms with Gasteiger partial charge in [0.05, 0.1) is 0 Å². The Labute approximate surface area is 139 Å². The molecule has 2 fully saturated rings. The Morgan fingerprint density at radius 1 is 1.33 bits per heavy atom. The summed E-state index contributed by atoms with van der Waals surface area (Å²) in [5.41, 5.74) is 0.502. The number of hydrogen-bond donors (Lipinski definition) is 1. The number of nitrogens with one attached hydrogen (secondary N) is 1. The molecule has 0 radical (unpaired) electrons. The number of hydrogen-bond acceptors (Lipinski definition) is 3. The third-order valence-electron chi connectivity index (χ3n) is 4.36. The maximum atomic E-state index is 13.2. The largest absolute Gasteiger partial charge is 0.492 e. The van der Waals surface area contributed by atoms with E-state index in [0.717, 1.165) is 32.7 Å². The van der Waals surface area contributed by atoms with Crippen LogP contribution in [0.1, 0.15) is 12.8 Å². The summed E-state index contributed by atoms with van der Waals surface area (Å²) in [6, 6.07) is 4.66. The third kappa shape index (κ3) is 4.31. The fraction of sp³-hybridized carbons (Fsp3) is 0.600. The Morgan fingerprint density at radius 2 is 2.19 bits per heavy atom. The fourth-order valence-corrected chi connectivity index (χ4v) is 3.71. The van der Waals surface area contributed by atoms with Gasteiger partial charge in [0.1, 0.15) is 18.2 Å². The molecule has 1 aromatic carbocycles. The average Bonchev–Trinajstić information content (AvgIpc) is 2.99. The highest BCUT2D eigenvalue weighted by molar-refractivity contribution is 9.10. The highest BCUT2D eigenvalue weighted by Crippen LogP contribution is 2.35. The van der Waals surface area contributed by atoms with Crippen LogP contribution in [0.25, 0.3) is 0 Å². The average molecular weight is 380 g/mol. The Balaban J connectivity index is 0.00000161. The molecule has 1 aromatic rings. The second-order valence-corrected chi connectivity index (χ2v) is 6.82. The van der Waals surface area contributed by atoms with Crippen LogP contribution in [0.2, 0.25) is 0 Å². The Hall–Kier alpha value is -0.360. The summed E-state index contributed by atoms with van der Waals surface area (Å²) in [5.74, 6) is 0.319. The monoisotopic (exact) mass is 378 g/mol. The molecule has 2 aliphatic heterocycles. The molecule has 0 aliphatic carbocycles. The van der Waals surface area contributed by atoms with Gasteiger partial charge in [-0.15, -0.1) is 12.4 Å². The minimum absolute atomic E-state index is 0. The van der Waals surface area contributed by atoms with Gasteiger partial charge in [0.25, 0.3) is 0 Å². The molecular formula is C15H21BrClFN2O. The van der Waals surface area contributed by atoms with Crippen LogP contribution >= 0.6 is 28.3 Å². The molecule has 3 rings (SSSR count). The van der Waals surface area contributed by atoms with Gasteiger partial charge in [-0.1, -0.05) is 15.9 Å². The lowest BCUT2D eigenvalue weighted by Gasteiger charge is -2.22. The van der Waals surface area contributed by atoms with Crippen LogP contribution in [0, 0.1) is 11.2 Å². The van der Waals surface area contributed by atoms with Crippen LogP contribution in [0.5, 0.6) is 5.75 Å². The lowest BCUT2D eigenvalue weighted by atomic mass is 9.87. The molecule has 0 saturated carbocycles. The summed E-state index contributed by atoms with van der Waals surface area (Å²) in [6.45, 7) is 6.15. The van der Waals surface area contributed by atoms with E-state index in [1.807, 2.05) is 0 Å². The predicted molar refractivity (Wildman–Crippen MR) is 87.8 cm³/mol. The van der Waals surface area contributed by atoms with Crippen molar-refractivity contribution in [1.82, 2.24) is 10.2 Å². The topological polar surface area (TPSA) is 24.5 Å². The van der Waals surface area contributed by atoms with Crippen molar-refractivity contribution in [3.8, 4) is 5.75 Å². The molecule has 0 amide bonds. The summed E-state index contributed by atoms with van der Waals surface area (Å²) in [5, 5.41) is 3.47. The zero-order chi connectivity index (χ0) is 14.0. The minimum Gasteiger partial charge on any atom is -0.492 e. The number of ether oxygens (including phenoxy) is 1. The first-order valence-electron chi connectivity index (χ1n) is 7.17. The maximum absolute atomic E-state index is 13.2. The second-order valence-electron chi connectivity index (χ2n) is 5.91. The molecule has 0 bridgehead atoms. The number of halogens is 3. The third-order valence-corrected chi connectivity index (χ3v) is 4.82. The van der Waals surface area contributed by atoms with E-state index in [1.54, 1.807) is 6.07 Å². The van der Waals surface area contributed by atoms with Crippen LogP contribution in [-0.2, 0) is 0 Å². The van der Waals surface area contributed by atoms with E-state index in [4.69, 9.17) is 4.74 Å². The number of rotatable bonds is 4. The minimum atomic E-state index is -0.272. The number of likely N-dealkylation sites (tertiary alicyclic amines) is 1. The van der Waals surface area contributed by atoms with Gasteiger partial charge in [-0.25, -0.2) is 4.39 Å². The molecule has 2 heterocycles.